The van der Waals surface area contributed by atoms with E-state index in [2.05, 4.69) is 9.97 Å². The molecule has 3 aromatic rings. The smallest absolute Gasteiger partial charge is 0.273 e. The fourth-order valence-corrected chi connectivity index (χ4v) is 5.25. The molecular formula is C23H23N5O3S. The predicted octanol–water partition coefficient (Wildman–Crippen LogP) is 2.71. The molecule has 1 fully saturated rings. The van der Waals surface area contributed by atoms with Gasteiger partial charge in [-0.3, -0.25) is 19.4 Å². The van der Waals surface area contributed by atoms with Crippen LogP contribution >= 0.6 is 11.3 Å². The van der Waals surface area contributed by atoms with Crippen molar-refractivity contribution in [2.24, 2.45) is 0 Å². The van der Waals surface area contributed by atoms with Crippen molar-refractivity contribution in [1.29, 1.82) is 0 Å². The number of aromatic nitrogens is 3. The number of likely N-dealkylation sites (tertiary alicyclic amines) is 1. The maximum absolute atomic E-state index is 13.0. The molecule has 8 nitrogen and oxygen atoms in total. The molecule has 1 N–H and O–H groups in total. The molecule has 164 valence electrons. The molecule has 2 amide bonds. The third-order valence-electron chi connectivity index (χ3n) is 6.04. The maximum atomic E-state index is 13.0. The van der Waals surface area contributed by atoms with Crippen molar-refractivity contribution in [2.45, 2.75) is 38.8 Å². The first-order valence-electron chi connectivity index (χ1n) is 10.7. The van der Waals surface area contributed by atoms with Crippen molar-refractivity contribution in [3.8, 4) is 0 Å². The molecule has 0 aromatic carbocycles. The largest absolute Gasteiger partial charge is 0.333 e. The molecule has 5 rings (SSSR count). The lowest BCUT2D eigenvalue weighted by molar-refractivity contribution is 0.0714. The summed E-state index contributed by atoms with van der Waals surface area (Å²) in [4.78, 5) is 55.8. The molecule has 32 heavy (non-hydrogen) atoms. The Labute approximate surface area is 188 Å². The van der Waals surface area contributed by atoms with Crippen molar-refractivity contribution in [3.05, 3.63) is 79.4 Å². The summed E-state index contributed by atoms with van der Waals surface area (Å²) in [5, 5.41) is 0. The second kappa shape index (κ2) is 8.31. The molecule has 0 saturated carbocycles. The zero-order chi connectivity index (χ0) is 22.2. The lowest BCUT2D eigenvalue weighted by Gasteiger charge is -2.29. The molecule has 0 radical (unpaired) electrons. The summed E-state index contributed by atoms with van der Waals surface area (Å²) in [5.74, 6) is 0.306. The van der Waals surface area contributed by atoms with Crippen LogP contribution in [0.3, 0.4) is 0 Å². The molecule has 0 spiro atoms. The fraction of sp³-hybridized carbons (Fsp3) is 0.348. The van der Waals surface area contributed by atoms with E-state index in [4.69, 9.17) is 4.98 Å². The Morgan fingerprint density at radius 1 is 1.16 bits per heavy atom. The van der Waals surface area contributed by atoms with Gasteiger partial charge < -0.3 is 14.8 Å². The van der Waals surface area contributed by atoms with Crippen LogP contribution in [0, 0.1) is 6.92 Å². The van der Waals surface area contributed by atoms with Gasteiger partial charge in [0.05, 0.1) is 28.7 Å². The van der Waals surface area contributed by atoms with Crippen LogP contribution in [0.2, 0.25) is 0 Å². The minimum Gasteiger partial charge on any atom is -0.333 e. The number of fused-ring (bicyclic) bond motifs is 1. The van der Waals surface area contributed by atoms with Crippen LogP contribution in [0.1, 0.15) is 61.0 Å². The van der Waals surface area contributed by atoms with Crippen LogP contribution in [-0.4, -0.2) is 49.7 Å². The number of carbonyl (C=O) groups excluding carboxylic acids is 2. The molecule has 1 saturated heterocycles. The zero-order valence-corrected chi connectivity index (χ0v) is 18.5. The van der Waals surface area contributed by atoms with Gasteiger partial charge in [0.25, 0.3) is 17.4 Å². The molecule has 2 aliphatic rings. The Kier molecular flexibility index (Phi) is 5.34. The summed E-state index contributed by atoms with van der Waals surface area (Å²) in [5.41, 5.74) is 1.40. The summed E-state index contributed by atoms with van der Waals surface area (Å²) in [6, 6.07) is 8.73. The first kappa shape index (κ1) is 20.6. The van der Waals surface area contributed by atoms with Gasteiger partial charge in [-0.2, -0.15) is 0 Å². The van der Waals surface area contributed by atoms with Crippen molar-refractivity contribution < 1.29 is 9.59 Å². The van der Waals surface area contributed by atoms with Crippen LogP contribution in [0.15, 0.2) is 41.3 Å². The summed E-state index contributed by atoms with van der Waals surface area (Å²) in [6.45, 7) is 3.33. The highest BCUT2D eigenvalue weighted by Crippen LogP contribution is 2.31. The van der Waals surface area contributed by atoms with Gasteiger partial charge in [0.15, 0.2) is 0 Å². The summed E-state index contributed by atoms with van der Waals surface area (Å²) in [6.07, 6.45) is 3.69. The Bertz CT molecular complexity index is 1240. The van der Waals surface area contributed by atoms with E-state index >= 15 is 0 Å². The topological polar surface area (TPSA) is 99.3 Å². The second-order valence-corrected chi connectivity index (χ2v) is 9.42. The van der Waals surface area contributed by atoms with E-state index < -0.39 is 0 Å². The number of thiophene rings is 1. The number of hydrogen-bond donors (Lipinski definition) is 1. The first-order valence-corrected chi connectivity index (χ1v) is 11.5. The standard InChI is InChI=1S/C23H23N5O3S/c1-14-7-8-19(32-14)23(31)27-12-9-16-15(13-27)21(29)26-20(25-16)18-6-4-11-28(18)22(30)17-5-2-3-10-24-17/h2-3,5,7-8,10,18H,4,6,9,11-13H2,1H3,(H,25,26,29)/t18-/m0/s1. The number of rotatable bonds is 3. The van der Waals surface area contributed by atoms with Crippen molar-refractivity contribution >= 4 is 23.2 Å². The molecule has 2 aliphatic heterocycles. The van der Waals surface area contributed by atoms with Gasteiger partial charge in [-0.05, 0) is 44.0 Å². The number of pyridine rings is 1. The molecular weight excluding hydrogens is 426 g/mol. The van der Waals surface area contributed by atoms with E-state index in [1.54, 1.807) is 34.2 Å². The molecule has 1 atom stereocenters. The van der Waals surface area contributed by atoms with Crippen LogP contribution in [0.25, 0.3) is 0 Å². The van der Waals surface area contributed by atoms with E-state index in [9.17, 15) is 14.4 Å². The lowest BCUT2D eigenvalue weighted by atomic mass is 10.1. The zero-order valence-electron chi connectivity index (χ0n) is 17.7. The minimum atomic E-state index is -0.281. The van der Waals surface area contributed by atoms with Crippen molar-refractivity contribution in [1.82, 2.24) is 24.8 Å². The summed E-state index contributed by atoms with van der Waals surface area (Å²) < 4.78 is 0. The third kappa shape index (κ3) is 3.73. The summed E-state index contributed by atoms with van der Waals surface area (Å²) in [7, 11) is 0. The van der Waals surface area contributed by atoms with E-state index in [1.165, 1.54) is 11.3 Å². The fourth-order valence-electron chi connectivity index (χ4n) is 4.41. The molecule has 0 unspecified atom stereocenters. The average Bonchev–Trinajstić information content (AvgIpc) is 3.48. The Morgan fingerprint density at radius 2 is 2.03 bits per heavy atom. The third-order valence-corrected chi connectivity index (χ3v) is 7.03. The van der Waals surface area contributed by atoms with Crippen LogP contribution in [0.4, 0.5) is 0 Å². The maximum Gasteiger partial charge on any atom is 0.273 e. The number of hydrogen-bond acceptors (Lipinski definition) is 6. The monoisotopic (exact) mass is 449 g/mol. The van der Waals surface area contributed by atoms with Crippen molar-refractivity contribution in [3.63, 3.8) is 0 Å². The molecule has 5 heterocycles. The van der Waals surface area contributed by atoms with Gasteiger partial charge in [0.1, 0.15) is 11.5 Å². The molecule has 9 heteroatoms. The van der Waals surface area contributed by atoms with E-state index in [0.29, 0.717) is 47.2 Å². The van der Waals surface area contributed by atoms with Gasteiger partial charge in [-0.15, -0.1) is 11.3 Å². The summed E-state index contributed by atoms with van der Waals surface area (Å²) >= 11 is 1.46. The second-order valence-electron chi connectivity index (χ2n) is 8.13. The van der Waals surface area contributed by atoms with Gasteiger partial charge in [0.2, 0.25) is 0 Å². The Balaban J connectivity index is 1.39. The van der Waals surface area contributed by atoms with E-state index in [-0.39, 0.29) is 30.0 Å². The number of nitrogens with zero attached hydrogens (tertiary/aromatic N) is 4. The Morgan fingerprint density at radius 3 is 2.78 bits per heavy atom. The normalized spacial score (nSPS) is 18.0. The highest BCUT2D eigenvalue weighted by atomic mass is 32.1. The molecule has 0 bridgehead atoms. The van der Waals surface area contributed by atoms with Gasteiger partial charge >= 0.3 is 0 Å². The average molecular weight is 450 g/mol. The number of nitrogens with one attached hydrogen (secondary N) is 1. The highest BCUT2D eigenvalue weighted by Gasteiger charge is 2.34. The highest BCUT2D eigenvalue weighted by molar-refractivity contribution is 7.13. The van der Waals surface area contributed by atoms with Gasteiger partial charge in [-0.25, -0.2) is 4.98 Å². The quantitative estimate of drug-likeness (QED) is 0.663. The first-order chi connectivity index (χ1) is 15.5. The van der Waals surface area contributed by atoms with Gasteiger partial charge in [-0.1, -0.05) is 6.07 Å². The number of H-pyrrole nitrogens is 1. The SMILES string of the molecule is Cc1ccc(C(=O)N2CCc3nc([C@@H]4CCCN4C(=O)c4ccccn4)[nH]c(=O)c3C2)s1. The van der Waals surface area contributed by atoms with Crippen LogP contribution < -0.4 is 5.56 Å². The molecule has 0 aliphatic carbocycles. The van der Waals surface area contributed by atoms with Crippen molar-refractivity contribution in [2.75, 3.05) is 13.1 Å². The van der Waals surface area contributed by atoms with Gasteiger partial charge in [0, 0.05) is 30.6 Å². The van der Waals surface area contributed by atoms with E-state index in [0.717, 1.165) is 17.7 Å². The number of amides is 2. The predicted molar refractivity (Wildman–Crippen MR) is 120 cm³/mol. The number of carbonyl (C=O) groups is 2. The van der Waals surface area contributed by atoms with E-state index in [1.807, 2.05) is 19.1 Å². The van der Waals surface area contributed by atoms with Crippen LogP contribution in [0.5, 0.6) is 0 Å². The number of aromatic amines is 1. The Hall–Kier alpha value is -3.33. The lowest BCUT2D eigenvalue weighted by Crippen LogP contribution is -2.40. The van der Waals surface area contributed by atoms with Crippen LogP contribution in [-0.2, 0) is 13.0 Å². The number of aryl methyl sites for hydroxylation is 1. The minimum absolute atomic E-state index is 0.0554. The molecule has 3 aromatic heterocycles.